The topological polar surface area (TPSA) is 23.5 Å². The second-order valence-corrected chi connectivity index (χ2v) is 4.59. The summed E-state index contributed by atoms with van der Waals surface area (Å²) in [6, 6.07) is 0.733. The fourth-order valence-corrected chi connectivity index (χ4v) is 2.65. The van der Waals surface area contributed by atoms with Gasteiger partial charge in [-0.15, -0.1) is 0 Å². The van der Waals surface area contributed by atoms with Gasteiger partial charge < -0.3 is 5.11 Å². The van der Waals surface area contributed by atoms with Crippen molar-refractivity contribution in [2.24, 2.45) is 0 Å². The van der Waals surface area contributed by atoms with E-state index in [-0.39, 0.29) is 6.10 Å². The molecule has 0 aromatic carbocycles. The number of aliphatic hydroxyl groups is 1. The number of nitrogens with zero attached hydrogens (tertiary/aromatic N) is 1. The molecule has 0 bridgehead atoms. The molecule has 2 rings (SSSR count). The van der Waals surface area contributed by atoms with Crippen molar-refractivity contribution in [1.82, 2.24) is 4.90 Å². The molecule has 1 unspecified atom stereocenters. The van der Waals surface area contributed by atoms with E-state index in [1.807, 2.05) is 6.08 Å². The van der Waals surface area contributed by atoms with E-state index in [0.717, 1.165) is 19.1 Å². The van der Waals surface area contributed by atoms with E-state index < -0.39 is 0 Å². The van der Waals surface area contributed by atoms with Crippen LogP contribution in [0.1, 0.15) is 38.5 Å². The minimum atomic E-state index is -0.230. The van der Waals surface area contributed by atoms with Gasteiger partial charge in [-0.25, -0.2) is 0 Å². The highest BCUT2D eigenvalue weighted by Crippen LogP contribution is 2.23. The van der Waals surface area contributed by atoms with Crippen LogP contribution in [0.15, 0.2) is 12.2 Å². The lowest BCUT2D eigenvalue weighted by atomic mass is 10.0. The van der Waals surface area contributed by atoms with E-state index in [0.29, 0.717) is 0 Å². The summed E-state index contributed by atoms with van der Waals surface area (Å²) in [4.78, 5) is 2.45. The van der Waals surface area contributed by atoms with Crippen LogP contribution in [-0.2, 0) is 0 Å². The van der Waals surface area contributed by atoms with E-state index in [9.17, 15) is 5.11 Å². The van der Waals surface area contributed by atoms with E-state index in [2.05, 4.69) is 11.0 Å². The fraction of sp³-hybridized carbons (Fsp3) is 0.833. The van der Waals surface area contributed by atoms with Crippen LogP contribution in [0.2, 0.25) is 0 Å². The van der Waals surface area contributed by atoms with Gasteiger partial charge >= 0.3 is 0 Å². The molecule has 1 N–H and O–H groups in total. The number of aliphatic hydroxyl groups excluding tert-OH is 1. The molecule has 2 heteroatoms. The Balaban J connectivity index is 1.89. The molecule has 2 aliphatic rings. The third-order valence-electron chi connectivity index (χ3n) is 3.46. The largest absolute Gasteiger partial charge is 0.388 e. The van der Waals surface area contributed by atoms with E-state index in [4.69, 9.17) is 0 Å². The first-order valence-corrected chi connectivity index (χ1v) is 5.95. The van der Waals surface area contributed by atoms with Crippen LogP contribution in [0.5, 0.6) is 0 Å². The van der Waals surface area contributed by atoms with Crippen molar-refractivity contribution >= 4 is 0 Å². The van der Waals surface area contributed by atoms with Crippen LogP contribution in [0.3, 0.4) is 0 Å². The molecule has 0 amide bonds. The van der Waals surface area contributed by atoms with Crippen LogP contribution in [0.4, 0.5) is 0 Å². The maximum Gasteiger partial charge on any atom is 0.0848 e. The molecule has 0 spiro atoms. The van der Waals surface area contributed by atoms with E-state index in [1.54, 1.807) is 0 Å². The summed E-state index contributed by atoms with van der Waals surface area (Å²) in [5.74, 6) is 0. The molecule has 2 nitrogen and oxygen atoms in total. The highest BCUT2D eigenvalue weighted by atomic mass is 16.3. The summed E-state index contributed by atoms with van der Waals surface area (Å²) in [6.07, 6.45) is 12.0. The quantitative estimate of drug-likeness (QED) is 0.510. The maximum absolute atomic E-state index is 9.55. The lowest BCUT2D eigenvalue weighted by molar-refractivity contribution is 0.106. The predicted octanol–water partition coefficient (Wildman–Crippen LogP) is 1.94. The van der Waals surface area contributed by atoms with E-state index in [1.165, 1.54) is 38.5 Å². The Morgan fingerprint density at radius 3 is 2.43 bits per heavy atom. The van der Waals surface area contributed by atoms with Crippen molar-refractivity contribution in [3.8, 4) is 0 Å². The summed E-state index contributed by atoms with van der Waals surface area (Å²) >= 11 is 0. The number of rotatable bonds is 1. The van der Waals surface area contributed by atoms with Gasteiger partial charge in [-0.3, -0.25) is 4.90 Å². The van der Waals surface area contributed by atoms with Gasteiger partial charge in [-0.2, -0.15) is 0 Å². The molecule has 1 saturated carbocycles. The van der Waals surface area contributed by atoms with Gasteiger partial charge in [0.1, 0.15) is 0 Å². The first kappa shape index (κ1) is 10.2. The van der Waals surface area contributed by atoms with Crippen molar-refractivity contribution in [2.45, 2.75) is 50.7 Å². The Morgan fingerprint density at radius 1 is 1.07 bits per heavy atom. The van der Waals surface area contributed by atoms with Crippen molar-refractivity contribution in [1.29, 1.82) is 0 Å². The van der Waals surface area contributed by atoms with Crippen LogP contribution in [0.25, 0.3) is 0 Å². The Kier molecular flexibility index (Phi) is 3.60. The zero-order valence-electron chi connectivity index (χ0n) is 8.86. The van der Waals surface area contributed by atoms with Gasteiger partial charge in [0.25, 0.3) is 0 Å². The highest BCUT2D eigenvalue weighted by Gasteiger charge is 2.22. The minimum absolute atomic E-state index is 0.230. The minimum Gasteiger partial charge on any atom is -0.388 e. The second-order valence-electron chi connectivity index (χ2n) is 4.59. The number of hydrogen-bond acceptors (Lipinski definition) is 2. The van der Waals surface area contributed by atoms with Crippen LogP contribution in [-0.4, -0.2) is 35.2 Å². The summed E-state index contributed by atoms with van der Waals surface area (Å²) in [5.41, 5.74) is 0. The van der Waals surface area contributed by atoms with Gasteiger partial charge in [0, 0.05) is 19.1 Å². The standard InChI is InChI=1S/C12H21NO/c14-12-8-5-9-13(10-12)11-6-3-1-2-4-7-11/h5,8,11-12,14H,1-4,6-7,9-10H2. The lowest BCUT2D eigenvalue weighted by Crippen LogP contribution is -2.42. The molecule has 0 saturated heterocycles. The second kappa shape index (κ2) is 4.94. The predicted molar refractivity (Wildman–Crippen MR) is 58.2 cm³/mol. The molecule has 1 atom stereocenters. The Morgan fingerprint density at radius 2 is 1.79 bits per heavy atom. The molecule has 1 aliphatic carbocycles. The zero-order valence-corrected chi connectivity index (χ0v) is 8.86. The molecular formula is C12H21NO. The van der Waals surface area contributed by atoms with Gasteiger partial charge in [-0.1, -0.05) is 37.8 Å². The van der Waals surface area contributed by atoms with Gasteiger partial charge in [0.2, 0.25) is 0 Å². The molecule has 0 aromatic rings. The molecule has 80 valence electrons. The van der Waals surface area contributed by atoms with Gasteiger partial charge in [0.05, 0.1) is 6.10 Å². The monoisotopic (exact) mass is 195 g/mol. The number of hydrogen-bond donors (Lipinski definition) is 1. The Bertz CT molecular complexity index is 194. The normalized spacial score (nSPS) is 31.6. The van der Waals surface area contributed by atoms with Gasteiger partial charge in [0.15, 0.2) is 0 Å². The lowest BCUT2D eigenvalue weighted by Gasteiger charge is -2.33. The highest BCUT2D eigenvalue weighted by molar-refractivity contribution is 4.99. The zero-order chi connectivity index (χ0) is 9.80. The summed E-state index contributed by atoms with van der Waals surface area (Å²) in [7, 11) is 0. The maximum atomic E-state index is 9.55. The van der Waals surface area contributed by atoms with Crippen LogP contribution < -0.4 is 0 Å². The van der Waals surface area contributed by atoms with Crippen LogP contribution >= 0.6 is 0 Å². The average Bonchev–Trinajstić information content (AvgIpc) is 2.45. The summed E-state index contributed by atoms with van der Waals surface area (Å²) < 4.78 is 0. The first-order chi connectivity index (χ1) is 6.86. The van der Waals surface area contributed by atoms with Crippen LogP contribution in [0, 0.1) is 0 Å². The molecule has 0 radical (unpaired) electrons. The Labute approximate surface area is 86.6 Å². The van der Waals surface area contributed by atoms with Crippen molar-refractivity contribution in [3.05, 3.63) is 12.2 Å². The smallest absolute Gasteiger partial charge is 0.0848 e. The molecule has 0 aromatic heterocycles. The molecule has 14 heavy (non-hydrogen) atoms. The molecule has 1 aliphatic heterocycles. The van der Waals surface area contributed by atoms with Gasteiger partial charge in [-0.05, 0) is 12.8 Å². The third-order valence-corrected chi connectivity index (χ3v) is 3.46. The van der Waals surface area contributed by atoms with Crippen molar-refractivity contribution in [3.63, 3.8) is 0 Å². The summed E-state index contributed by atoms with van der Waals surface area (Å²) in [5, 5.41) is 9.55. The molecule has 1 heterocycles. The Hall–Kier alpha value is -0.340. The van der Waals surface area contributed by atoms with Crippen molar-refractivity contribution < 1.29 is 5.11 Å². The summed E-state index contributed by atoms with van der Waals surface area (Å²) in [6.45, 7) is 1.89. The average molecular weight is 195 g/mol. The number of β-amino-alcohol motifs (C(OH)–C–C–N with tert-alkyl or cyclic N) is 1. The third kappa shape index (κ3) is 2.58. The fourth-order valence-electron chi connectivity index (χ4n) is 2.65. The molecule has 1 fully saturated rings. The first-order valence-electron chi connectivity index (χ1n) is 5.95. The SMILES string of the molecule is OC1C=CCN(C2CCCCCC2)C1. The van der Waals surface area contributed by atoms with E-state index >= 15 is 0 Å². The van der Waals surface area contributed by atoms with Crippen molar-refractivity contribution in [2.75, 3.05) is 13.1 Å². The molecular weight excluding hydrogens is 174 g/mol.